The van der Waals surface area contributed by atoms with E-state index >= 15 is 0 Å². The van der Waals surface area contributed by atoms with Crippen LogP contribution in [0.4, 0.5) is 11.5 Å². The third kappa shape index (κ3) is 2.78. The van der Waals surface area contributed by atoms with Gasteiger partial charge in [0.2, 0.25) is 0 Å². The highest BCUT2D eigenvalue weighted by atomic mass is 32.2. The summed E-state index contributed by atoms with van der Waals surface area (Å²) in [6, 6.07) is 0.662. The van der Waals surface area contributed by atoms with E-state index in [0.717, 1.165) is 5.75 Å². The molecule has 1 atom stereocenters. The number of aliphatic carboxylic acids is 1. The van der Waals surface area contributed by atoms with Crippen molar-refractivity contribution in [3.05, 3.63) is 27.9 Å². The monoisotopic (exact) mass is 283 g/mol. The summed E-state index contributed by atoms with van der Waals surface area (Å²) in [5, 5.41) is 20.1. The zero-order chi connectivity index (χ0) is 14.0. The second-order valence-electron chi connectivity index (χ2n) is 4.21. The normalized spacial score (nSPS) is 19.2. The fourth-order valence-electron chi connectivity index (χ4n) is 1.94. The SMILES string of the molecule is Cc1cnc(N2CCSCC2C(=O)O)cc1[N+](=O)[O-]. The number of anilines is 1. The van der Waals surface area contributed by atoms with E-state index in [2.05, 4.69) is 4.98 Å². The maximum atomic E-state index is 11.2. The van der Waals surface area contributed by atoms with Gasteiger partial charge < -0.3 is 10.0 Å². The van der Waals surface area contributed by atoms with Crippen molar-refractivity contribution in [2.75, 3.05) is 23.0 Å². The average molecular weight is 283 g/mol. The molecule has 0 aromatic carbocycles. The average Bonchev–Trinajstić information content (AvgIpc) is 2.39. The van der Waals surface area contributed by atoms with Crippen molar-refractivity contribution in [1.82, 2.24) is 4.98 Å². The second kappa shape index (κ2) is 5.43. The molecule has 0 radical (unpaired) electrons. The van der Waals surface area contributed by atoms with Crippen LogP contribution in [-0.4, -0.2) is 45.1 Å². The van der Waals surface area contributed by atoms with E-state index in [1.807, 2.05) is 0 Å². The van der Waals surface area contributed by atoms with Crippen molar-refractivity contribution in [2.45, 2.75) is 13.0 Å². The first-order valence-electron chi connectivity index (χ1n) is 5.69. The molecule has 0 bridgehead atoms. The summed E-state index contributed by atoms with van der Waals surface area (Å²) in [7, 11) is 0. The number of carboxylic acid groups (broad SMARTS) is 1. The van der Waals surface area contributed by atoms with Gasteiger partial charge in [-0.25, -0.2) is 9.78 Å². The molecule has 1 aliphatic rings. The van der Waals surface area contributed by atoms with Crippen molar-refractivity contribution in [2.24, 2.45) is 0 Å². The van der Waals surface area contributed by atoms with E-state index in [4.69, 9.17) is 0 Å². The van der Waals surface area contributed by atoms with Crippen LogP contribution >= 0.6 is 11.8 Å². The summed E-state index contributed by atoms with van der Waals surface area (Å²) >= 11 is 1.56. The first kappa shape index (κ1) is 13.6. The van der Waals surface area contributed by atoms with Crippen molar-refractivity contribution in [3.8, 4) is 0 Å². The quantitative estimate of drug-likeness (QED) is 0.659. The zero-order valence-corrected chi connectivity index (χ0v) is 11.1. The predicted molar refractivity (Wildman–Crippen MR) is 71.7 cm³/mol. The van der Waals surface area contributed by atoms with Gasteiger partial charge in [0, 0.05) is 29.8 Å². The van der Waals surface area contributed by atoms with E-state index in [0.29, 0.717) is 23.7 Å². The van der Waals surface area contributed by atoms with E-state index in [1.54, 1.807) is 23.6 Å². The lowest BCUT2D eigenvalue weighted by molar-refractivity contribution is -0.385. The number of nitrogens with zero attached hydrogens (tertiary/aromatic N) is 3. The molecule has 7 nitrogen and oxygen atoms in total. The molecule has 0 amide bonds. The van der Waals surface area contributed by atoms with Crippen molar-refractivity contribution >= 4 is 29.2 Å². The maximum Gasteiger partial charge on any atom is 0.327 e. The lowest BCUT2D eigenvalue weighted by atomic mass is 10.2. The number of thioether (sulfide) groups is 1. The Hall–Kier alpha value is -1.83. The smallest absolute Gasteiger partial charge is 0.327 e. The number of hydrogen-bond acceptors (Lipinski definition) is 6. The van der Waals surface area contributed by atoms with Gasteiger partial charge in [-0.3, -0.25) is 10.1 Å². The molecular weight excluding hydrogens is 270 g/mol. The van der Waals surface area contributed by atoms with Gasteiger partial charge in [-0.1, -0.05) is 0 Å². The number of nitro groups is 1. The van der Waals surface area contributed by atoms with Gasteiger partial charge in [0.25, 0.3) is 5.69 Å². The highest BCUT2D eigenvalue weighted by Gasteiger charge is 2.30. The molecule has 102 valence electrons. The van der Waals surface area contributed by atoms with Gasteiger partial charge in [0.1, 0.15) is 11.9 Å². The van der Waals surface area contributed by atoms with Crippen LogP contribution in [0.1, 0.15) is 5.56 Å². The summed E-state index contributed by atoms with van der Waals surface area (Å²) in [5.74, 6) is 0.661. The van der Waals surface area contributed by atoms with Crippen LogP contribution in [0.2, 0.25) is 0 Å². The molecule has 19 heavy (non-hydrogen) atoms. The molecule has 1 aliphatic heterocycles. The largest absolute Gasteiger partial charge is 0.480 e. The van der Waals surface area contributed by atoms with Crippen LogP contribution < -0.4 is 4.90 Å². The molecule has 0 aliphatic carbocycles. The number of aryl methyl sites for hydroxylation is 1. The summed E-state index contributed by atoms with van der Waals surface area (Å²) in [4.78, 5) is 27.4. The third-order valence-corrected chi connectivity index (χ3v) is 3.99. The van der Waals surface area contributed by atoms with Gasteiger partial charge in [0.05, 0.1) is 11.0 Å². The Labute approximate surface area is 113 Å². The molecule has 1 saturated heterocycles. The van der Waals surface area contributed by atoms with Gasteiger partial charge in [-0.2, -0.15) is 11.8 Å². The van der Waals surface area contributed by atoms with Crippen LogP contribution in [0, 0.1) is 17.0 Å². The van der Waals surface area contributed by atoms with Crippen LogP contribution in [-0.2, 0) is 4.79 Å². The van der Waals surface area contributed by atoms with Crippen LogP contribution in [0.3, 0.4) is 0 Å². The topological polar surface area (TPSA) is 96.6 Å². The van der Waals surface area contributed by atoms with Gasteiger partial charge in [-0.05, 0) is 6.92 Å². The lowest BCUT2D eigenvalue weighted by Gasteiger charge is -2.33. The summed E-state index contributed by atoms with van der Waals surface area (Å²) < 4.78 is 0. The van der Waals surface area contributed by atoms with Crippen molar-refractivity contribution in [1.29, 1.82) is 0 Å². The van der Waals surface area contributed by atoms with Crippen LogP contribution in [0.5, 0.6) is 0 Å². The molecule has 1 aromatic rings. The molecule has 8 heteroatoms. The lowest BCUT2D eigenvalue weighted by Crippen LogP contribution is -2.47. The van der Waals surface area contributed by atoms with Crippen LogP contribution in [0.25, 0.3) is 0 Å². The Bertz CT molecular complexity index is 523. The van der Waals surface area contributed by atoms with E-state index in [1.165, 1.54) is 12.3 Å². The molecule has 2 rings (SSSR count). The Kier molecular flexibility index (Phi) is 3.89. The van der Waals surface area contributed by atoms with Gasteiger partial charge in [-0.15, -0.1) is 0 Å². The van der Waals surface area contributed by atoms with Gasteiger partial charge in [0.15, 0.2) is 0 Å². The molecular formula is C11H13N3O4S. The molecule has 1 fully saturated rings. The maximum absolute atomic E-state index is 11.2. The van der Waals surface area contributed by atoms with E-state index < -0.39 is 16.9 Å². The predicted octanol–water partition coefficient (Wildman–Crippen LogP) is 1.30. The fourth-order valence-corrected chi connectivity index (χ4v) is 2.98. The standard InChI is InChI=1S/C11H13N3O4S/c1-7-5-12-10(4-8(7)14(17)18)13-2-3-19-6-9(13)11(15)16/h4-5,9H,2-3,6H2,1H3,(H,15,16). The Morgan fingerprint density at radius 1 is 1.68 bits per heavy atom. The number of carbonyl (C=O) groups is 1. The molecule has 0 spiro atoms. The number of aromatic nitrogens is 1. The Morgan fingerprint density at radius 3 is 3.05 bits per heavy atom. The number of rotatable bonds is 3. The molecule has 2 heterocycles. The summed E-state index contributed by atoms with van der Waals surface area (Å²) in [6.45, 7) is 2.13. The molecule has 1 unspecified atom stereocenters. The second-order valence-corrected chi connectivity index (χ2v) is 5.36. The summed E-state index contributed by atoms with van der Waals surface area (Å²) in [5.41, 5.74) is 0.430. The molecule has 0 saturated carbocycles. The van der Waals surface area contributed by atoms with E-state index in [-0.39, 0.29) is 5.69 Å². The van der Waals surface area contributed by atoms with E-state index in [9.17, 15) is 20.0 Å². The highest BCUT2D eigenvalue weighted by Crippen LogP contribution is 2.27. The molecule has 1 aromatic heterocycles. The minimum atomic E-state index is -0.933. The minimum Gasteiger partial charge on any atom is -0.480 e. The fraction of sp³-hybridized carbons (Fsp3) is 0.455. The third-order valence-electron chi connectivity index (χ3n) is 2.96. The zero-order valence-electron chi connectivity index (χ0n) is 10.3. The van der Waals surface area contributed by atoms with Crippen LogP contribution in [0.15, 0.2) is 12.3 Å². The van der Waals surface area contributed by atoms with Crippen molar-refractivity contribution < 1.29 is 14.8 Å². The Balaban J connectivity index is 2.36. The minimum absolute atomic E-state index is 0.0348. The number of hydrogen-bond donors (Lipinski definition) is 1. The Morgan fingerprint density at radius 2 is 2.42 bits per heavy atom. The number of carboxylic acids is 1. The first-order chi connectivity index (χ1) is 9.00. The molecule has 1 N–H and O–H groups in total. The first-order valence-corrected chi connectivity index (χ1v) is 6.84. The van der Waals surface area contributed by atoms with Crippen molar-refractivity contribution in [3.63, 3.8) is 0 Å². The summed E-state index contributed by atoms with van der Waals surface area (Å²) in [6.07, 6.45) is 1.41. The number of pyridine rings is 1. The highest BCUT2D eigenvalue weighted by molar-refractivity contribution is 7.99. The van der Waals surface area contributed by atoms with Gasteiger partial charge >= 0.3 is 5.97 Å².